The van der Waals surface area contributed by atoms with E-state index in [1.165, 1.54) is 23.0 Å². The van der Waals surface area contributed by atoms with Gasteiger partial charge >= 0.3 is 0 Å². The molecule has 2 amide bonds. The third kappa shape index (κ3) is 5.00. The summed E-state index contributed by atoms with van der Waals surface area (Å²) >= 11 is 0. The fraction of sp³-hybridized carbons (Fsp3) is 0.455. The highest BCUT2D eigenvalue weighted by atomic mass is 16.3. The fourth-order valence-electron chi connectivity index (χ4n) is 3.69. The minimum absolute atomic E-state index is 0.0487. The quantitative estimate of drug-likeness (QED) is 0.794. The standard InChI is InChI=1S/C22H28N2O3/c1-16-9-10-18(17(2)14-16)6-3-11-23-21(25)19-7-4-12-24(15-19)22(26)20-8-5-13-27-20/h5,8-10,13-14,19H,3-4,6-7,11-12,15H2,1-2H3,(H,23,25). The van der Waals surface area contributed by atoms with Gasteiger partial charge in [0, 0.05) is 19.6 Å². The number of carbonyl (C=O) groups is 2. The molecule has 0 aliphatic carbocycles. The highest BCUT2D eigenvalue weighted by molar-refractivity contribution is 5.92. The number of piperidine rings is 1. The van der Waals surface area contributed by atoms with Gasteiger partial charge in [-0.15, -0.1) is 0 Å². The molecule has 1 unspecified atom stereocenters. The van der Waals surface area contributed by atoms with Gasteiger partial charge in [0.2, 0.25) is 5.91 Å². The number of carbonyl (C=O) groups excluding carboxylic acids is 2. The highest BCUT2D eigenvalue weighted by Crippen LogP contribution is 2.19. The normalized spacial score (nSPS) is 17.0. The predicted octanol–water partition coefficient (Wildman–Crippen LogP) is 3.50. The Labute approximate surface area is 160 Å². The van der Waals surface area contributed by atoms with Crippen LogP contribution in [0, 0.1) is 19.8 Å². The maximum atomic E-state index is 12.5. The number of likely N-dealkylation sites (tertiary alicyclic amines) is 1. The summed E-state index contributed by atoms with van der Waals surface area (Å²) < 4.78 is 5.19. The predicted molar refractivity (Wildman–Crippen MR) is 105 cm³/mol. The maximum Gasteiger partial charge on any atom is 0.289 e. The number of nitrogens with one attached hydrogen (secondary N) is 1. The lowest BCUT2D eigenvalue weighted by molar-refractivity contribution is -0.126. The van der Waals surface area contributed by atoms with Gasteiger partial charge in [-0.05, 0) is 62.8 Å². The van der Waals surface area contributed by atoms with Crippen molar-refractivity contribution < 1.29 is 14.0 Å². The zero-order valence-electron chi connectivity index (χ0n) is 16.2. The Hall–Kier alpha value is -2.56. The first-order chi connectivity index (χ1) is 13.0. The van der Waals surface area contributed by atoms with Crippen molar-refractivity contribution >= 4 is 11.8 Å². The van der Waals surface area contributed by atoms with Crippen LogP contribution in [-0.2, 0) is 11.2 Å². The number of aryl methyl sites for hydroxylation is 3. The van der Waals surface area contributed by atoms with Crippen LogP contribution >= 0.6 is 0 Å². The largest absolute Gasteiger partial charge is 0.459 e. The third-order valence-corrected chi connectivity index (χ3v) is 5.23. The van der Waals surface area contributed by atoms with Gasteiger partial charge in [0.1, 0.15) is 0 Å². The average molecular weight is 368 g/mol. The number of nitrogens with zero attached hydrogens (tertiary/aromatic N) is 1. The molecule has 27 heavy (non-hydrogen) atoms. The van der Waals surface area contributed by atoms with Gasteiger partial charge in [0.15, 0.2) is 5.76 Å². The van der Waals surface area contributed by atoms with E-state index in [2.05, 4.69) is 37.4 Å². The monoisotopic (exact) mass is 368 g/mol. The molecule has 1 aromatic heterocycles. The summed E-state index contributed by atoms with van der Waals surface area (Å²) in [5.41, 5.74) is 3.92. The fourth-order valence-corrected chi connectivity index (χ4v) is 3.69. The first-order valence-corrected chi connectivity index (χ1v) is 9.71. The molecule has 1 N–H and O–H groups in total. The van der Waals surface area contributed by atoms with Gasteiger partial charge < -0.3 is 14.6 Å². The summed E-state index contributed by atoms with van der Waals surface area (Å²) in [5.74, 6) is 0.114. The van der Waals surface area contributed by atoms with E-state index in [1.807, 2.05) is 0 Å². The molecule has 0 saturated carbocycles. The SMILES string of the molecule is Cc1ccc(CCCNC(=O)C2CCCN(C(=O)c3ccco3)C2)c(C)c1. The van der Waals surface area contributed by atoms with Crippen LogP contribution in [0.3, 0.4) is 0 Å². The van der Waals surface area contributed by atoms with Crippen LogP contribution in [0.1, 0.15) is 46.5 Å². The molecule has 2 heterocycles. The summed E-state index contributed by atoms with van der Waals surface area (Å²) in [4.78, 5) is 26.6. The zero-order chi connectivity index (χ0) is 19.2. The average Bonchev–Trinajstić information content (AvgIpc) is 3.20. The molecule has 144 valence electrons. The third-order valence-electron chi connectivity index (χ3n) is 5.23. The zero-order valence-corrected chi connectivity index (χ0v) is 16.2. The number of hydrogen-bond acceptors (Lipinski definition) is 3. The second-order valence-corrected chi connectivity index (χ2v) is 7.39. The number of benzene rings is 1. The Morgan fingerprint density at radius 3 is 2.85 bits per heavy atom. The summed E-state index contributed by atoms with van der Waals surface area (Å²) in [6.07, 6.45) is 5.03. The molecule has 1 fully saturated rings. The summed E-state index contributed by atoms with van der Waals surface area (Å²) in [6.45, 7) is 6.03. The van der Waals surface area contributed by atoms with Gasteiger partial charge in [-0.3, -0.25) is 9.59 Å². The summed E-state index contributed by atoms with van der Waals surface area (Å²) in [6, 6.07) is 9.87. The molecule has 1 saturated heterocycles. The van der Waals surface area contributed by atoms with Crippen LogP contribution in [0.4, 0.5) is 0 Å². The molecule has 5 heteroatoms. The number of rotatable bonds is 6. The summed E-state index contributed by atoms with van der Waals surface area (Å²) in [7, 11) is 0. The summed E-state index contributed by atoms with van der Waals surface area (Å²) in [5, 5.41) is 3.05. The van der Waals surface area contributed by atoms with Crippen molar-refractivity contribution in [1.82, 2.24) is 10.2 Å². The van der Waals surface area contributed by atoms with Crippen molar-refractivity contribution in [3.05, 3.63) is 59.0 Å². The Kier molecular flexibility index (Phi) is 6.32. The van der Waals surface area contributed by atoms with Crippen LogP contribution in [0.15, 0.2) is 41.0 Å². The number of hydrogen-bond donors (Lipinski definition) is 1. The van der Waals surface area contributed by atoms with Crippen molar-refractivity contribution in [1.29, 1.82) is 0 Å². The number of furan rings is 1. The minimum Gasteiger partial charge on any atom is -0.459 e. The van der Waals surface area contributed by atoms with E-state index in [-0.39, 0.29) is 17.7 Å². The molecule has 2 aromatic rings. The van der Waals surface area contributed by atoms with Gasteiger partial charge in [-0.25, -0.2) is 0 Å². The van der Waals surface area contributed by atoms with E-state index in [0.717, 1.165) is 25.7 Å². The van der Waals surface area contributed by atoms with Crippen molar-refractivity contribution in [3.63, 3.8) is 0 Å². The Balaban J connectivity index is 1.44. The molecule has 5 nitrogen and oxygen atoms in total. The molecule has 1 aliphatic heterocycles. The van der Waals surface area contributed by atoms with E-state index in [0.29, 0.717) is 25.4 Å². The molecule has 0 spiro atoms. The molecule has 3 rings (SSSR count). The van der Waals surface area contributed by atoms with Gasteiger partial charge in [0.05, 0.1) is 12.2 Å². The van der Waals surface area contributed by atoms with E-state index >= 15 is 0 Å². The van der Waals surface area contributed by atoms with Crippen molar-refractivity contribution in [2.75, 3.05) is 19.6 Å². The smallest absolute Gasteiger partial charge is 0.289 e. The number of amides is 2. The molecular weight excluding hydrogens is 340 g/mol. The molecule has 1 aliphatic rings. The molecule has 1 atom stereocenters. The molecule has 1 aromatic carbocycles. The van der Waals surface area contributed by atoms with Crippen molar-refractivity contribution in [2.24, 2.45) is 5.92 Å². The van der Waals surface area contributed by atoms with E-state index in [4.69, 9.17) is 4.42 Å². The maximum absolute atomic E-state index is 12.5. The Bertz CT molecular complexity index is 783. The van der Waals surface area contributed by atoms with Gasteiger partial charge in [0.25, 0.3) is 5.91 Å². The van der Waals surface area contributed by atoms with Gasteiger partial charge in [-0.2, -0.15) is 0 Å². The Morgan fingerprint density at radius 2 is 2.11 bits per heavy atom. The van der Waals surface area contributed by atoms with Crippen LogP contribution in [0.2, 0.25) is 0 Å². The van der Waals surface area contributed by atoms with E-state index in [9.17, 15) is 9.59 Å². The van der Waals surface area contributed by atoms with Crippen LogP contribution in [0.5, 0.6) is 0 Å². The molecule has 0 radical (unpaired) electrons. The van der Waals surface area contributed by atoms with Crippen molar-refractivity contribution in [2.45, 2.75) is 39.5 Å². The van der Waals surface area contributed by atoms with Crippen molar-refractivity contribution in [3.8, 4) is 0 Å². The first-order valence-electron chi connectivity index (χ1n) is 9.71. The van der Waals surface area contributed by atoms with Crippen LogP contribution in [0.25, 0.3) is 0 Å². The second-order valence-electron chi connectivity index (χ2n) is 7.39. The molecule has 0 bridgehead atoms. The Morgan fingerprint density at radius 1 is 1.26 bits per heavy atom. The van der Waals surface area contributed by atoms with E-state index in [1.54, 1.807) is 17.0 Å². The van der Waals surface area contributed by atoms with Crippen LogP contribution < -0.4 is 5.32 Å². The van der Waals surface area contributed by atoms with E-state index < -0.39 is 0 Å². The topological polar surface area (TPSA) is 62.6 Å². The second kappa shape index (κ2) is 8.89. The van der Waals surface area contributed by atoms with Gasteiger partial charge in [-0.1, -0.05) is 23.8 Å². The first kappa shape index (κ1) is 19.2. The van der Waals surface area contributed by atoms with Crippen LogP contribution in [-0.4, -0.2) is 36.3 Å². The lowest BCUT2D eigenvalue weighted by Gasteiger charge is -2.31. The lowest BCUT2D eigenvalue weighted by atomic mass is 9.96. The minimum atomic E-state index is -0.140. The highest BCUT2D eigenvalue weighted by Gasteiger charge is 2.29. The lowest BCUT2D eigenvalue weighted by Crippen LogP contribution is -2.45. The molecular formula is C22H28N2O3.